The summed E-state index contributed by atoms with van der Waals surface area (Å²) in [6, 6.07) is 11.2. The van der Waals surface area contributed by atoms with E-state index in [0.717, 1.165) is 26.9 Å². The van der Waals surface area contributed by atoms with Crippen molar-refractivity contribution in [3.05, 3.63) is 72.4 Å². The Morgan fingerprint density at radius 1 is 1.05 bits per heavy atom. The van der Waals surface area contributed by atoms with Gasteiger partial charge in [0.05, 0.1) is 5.69 Å². The van der Waals surface area contributed by atoms with Gasteiger partial charge in [-0.3, -0.25) is 4.99 Å². The summed E-state index contributed by atoms with van der Waals surface area (Å²) >= 11 is 3.46. The summed E-state index contributed by atoms with van der Waals surface area (Å²) in [5.74, 6) is 0.244. The van der Waals surface area contributed by atoms with Crippen LogP contribution in [0.1, 0.15) is 16.7 Å². The first-order chi connectivity index (χ1) is 8.58. The zero-order valence-electron chi connectivity index (χ0n) is 12.7. The van der Waals surface area contributed by atoms with Crippen molar-refractivity contribution in [3.63, 3.8) is 0 Å². The van der Waals surface area contributed by atoms with Crippen LogP contribution >= 0.6 is 15.9 Å². The molecule has 0 heterocycles. The molecule has 2 aromatic rings. The van der Waals surface area contributed by atoms with Gasteiger partial charge in [-0.25, -0.2) is 0 Å². The Bertz CT molecular complexity index is 588. The van der Waals surface area contributed by atoms with Gasteiger partial charge in [-0.1, -0.05) is 28.1 Å². The number of halogens is 1. The van der Waals surface area contributed by atoms with Crippen molar-refractivity contribution in [2.45, 2.75) is 13.8 Å². The maximum atomic E-state index is 9.67. The van der Waals surface area contributed by atoms with Gasteiger partial charge in [0.25, 0.3) is 0 Å². The number of hydrogen-bond donors (Lipinski definition) is 1. The van der Waals surface area contributed by atoms with E-state index < -0.39 is 0 Å². The second-order valence-electron chi connectivity index (χ2n) is 4.21. The van der Waals surface area contributed by atoms with Crippen LogP contribution in [-0.2, 0) is 19.5 Å². The Morgan fingerprint density at radius 2 is 1.57 bits per heavy atom. The predicted octanol–water partition coefficient (Wildman–Crippen LogP) is 5.42. The molecule has 21 heavy (non-hydrogen) atoms. The van der Waals surface area contributed by atoms with Crippen LogP contribution in [0.4, 0.5) is 5.69 Å². The minimum Gasteiger partial charge on any atom is -0.507 e. The van der Waals surface area contributed by atoms with E-state index in [0.29, 0.717) is 0 Å². The van der Waals surface area contributed by atoms with Crippen LogP contribution in [0.25, 0.3) is 0 Å². The maximum Gasteiger partial charge on any atom is 2.00 e. The van der Waals surface area contributed by atoms with E-state index in [1.165, 1.54) is 0 Å². The van der Waals surface area contributed by atoms with Crippen molar-refractivity contribution in [2.24, 2.45) is 4.99 Å². The number of para-hydroxylation sites is 1. The first kappa shape index (κ1) is 22.3. The molecule has 0 unspecified atom stereocenters. The summed E-state index contributed by atoms with van der Waals surface area (Å²) in [7, 11) is 0. The van der Waals surface area contributed by atoms with Gasteiger partial charge < -0.3 is 20.0 Å². The molecule has 2 rings (SSSR count). The maximum absolute atomic E-state index is 9.67. The standard InChI is InChI=1S/C15H14BrNO.2CH3.Ru/c1-10-7-13(16)8-11(2)15(10)17-9-12-5-3-4-6-14(12)18;;;/h3-9,18H,1-2H3;2*1H3;/q;2*-1;+2. The van der Waals surface area contributed by atoms with Crippen LogP contribution in [0.3, 0.4) is 0 Å². The van der Waals surface area contributed by atoms with Crippen molar-refractivity contribution in [1.29, 1.82) is 0 Å². The van der Waals surface area contributed by atoms with E-state index in [9.17, 15) is 5.11 Å². The molecule has 0 atom stereocenters. The topological polar surface area (TPSA) is 32.6 Å². The number of aromatic hydroxyl groups is 1. The first-order valence-corrected chi connectivity index (χ1v) is 6.46. The molecule has 114 valence electrons. The molecule has 0 radical (unpaired) electrons. The number of phenolic OH excluding ortho intramolecular Hbond substituents is 1. The SMILES string of the molecule is Cc1cc(Br)cc(C)c1N=Cc1ccccc1O.[CH3-].[CH3-].[Ru+2]. The summed E-state index contributed by atoms with van der Waals surface area (Å²) < 4.78 is 1.05. The number of benzene rings is 2. The number of rotatable bonds is 2. The zero-order valence-corrected chi connectivity index (χ0v) is 16.0. The third-order valence-corrected chi connectivity index (χ3v) is 3.18. The molecule has 0 spiro atoms. The fourth-order valence-electron chi connectivity index (χ4n) is 1.84. The van der Waals surface area contributed by atoms with Crippen molar-refractivity contribution >= 4 is 27.8 Å². The van der Waals surface area contributed by atoms with E-state index in [-0.39, 0.29) is 40.1 Å². The van der Waals surface area contributed by atoms with Crippen molar-refractivity contribution in [2.75, 3.05) is 0 Å². The van der Waals surface area contributed by atoms with Gasteiger partial charge in [-0.05, 0) is 49.2 Å². The molecule has 0 aliphatic rings. The van der Waals surface area contributed by atoms with E-state index in [4.69, 9.17) is 0 Å². The first-order valence-electron chi connectivity index (χ1n) is 5.67. The van der Waals surface area contributed by atoms with Gasteiger partial charge >= 0.3 is 19.5 Å². The fourth-order valence-corrected chi connectivity index (χ4v) is 2.52. The quantitative estimate of drug-likeness (QED) is 0.382. The summed E-state index contributed by atoms with van der Waals surface area (Å²) in [5.41, 5.74) is 3.88. The van der Waals surface area contributed by atoms with Crippen LogP contribution in [0, 0.1) is 28.7 Å². The molecule has 0 aromatic heterocycles. The van der Waals surface area contributed by atoms with Crippen LogP contribution in [-0.4, -0.2) is 11.3 Å². The Kier molecular flexibility index (Phi) is 10.5. The monoisotopic (exact) mass is 435 g/mol. The molecule has 4 heteroatoms. The molecule has 0 saturated carbocycles. The van der Waals surface area contributed by atoms with Crippen LogP contribution in [0.15, 0.2) is 45.9 Å². The Labute approximate surface area is 149 Å². The molecule has 1 N–H and O–H groups in total. The molecule has 0 saturated heterocycles. The fraction of sp³-hybridized carbons (Fsp3) is 0.118. The molecule has 0 bridgehead atoms. The Balaban J connectivity index is 0. The minimum atomic E-state index is 0. The summed E-state index contributed by atoms with van der Waals surface area (Å²) in [4.78, 5) is 4.47. The molecule has 0 aliphatic carbocycles. The number of aliphatic imine (C=N–C) groups is 1. The van der Waals surface area contributed by atoms with Crippen molar-refractivity contribution in [1.82, 2.24) is 0 Å². The van der Waals surface area contributed by atoms with Crippen LogP contribution in [0.5, 0.6) is 5.75 Å². The second-order valence-corrected chi connectivity index (χ2v) is 5.12. The number of aryl methyl sites for hydroxylation is 2. The van der Waals surface area contributed by atoms with Gasteiger partial charge in [0.1, 0.15) is 5.75 Å². The number of nitrogens with zero attached hydrogens (tertiary/aromatic N) is 1. The molecule has 2 nitrogen and oxygen atoms in total. The molecule has 2 aromatic carbocycles. The molecule has 0 fully saturated rings. The molecule has 0 aliphatic heterocycles. The van der Waals surface area contributed by atoms with Crippen molar-refractivity contribution < 1.29 is 24.6 Å². The van der Waals surface area contributed by atoms with Gasteiger partial charge in [0.15, 0.2) is 0 Å². The van der Waals surface area contributed by atoms with Gasteiger partial charge in [0, 0.05) is 16.3 Å². The summed E-state index contributed by atoms with van der Waals surface area (Å²) in [6.07, 6.45) is 1.69. The summed E-state index contributed by atoms with van der Waals surface area (Å²) in [5, 5.41) is 9.67. The number of phenols is 1. The zero-order chi connectivity index (χ0) is 13.1. The van der Waals surface area contributed by atoms with Gasteiger partial charge in [-0.15, -0.1) is 0 Å². The minimum absolute atomic E-state index is 0. The smallest absolute Gasteiger partial charge is 0.507 e. The predicted molar refractivity (Wildman–Crippen MR) is 91.8 cm³/mol. The summed E-state index contributed by atoms with van der Waals surface area (Å²) in [6.45, 7) is 4.05. The van der Waals surface area contributed by atoms with Crippen LogP contribution < -0.4 is 0 Å². The largest absolute Gasteiger partial charge is 2.00 e. The Hall–Kier alpha value is -0.987. The third kappa shape index (κ3) is 5.72. The molecular formula is C17H20BrNORu. The van der Waals surface area contributed by atoms with E-state index in [2.05, 4.69) is 20.9 Å². The molecular weight excluding hydrogens is 415 g/mol. The van der Waals surface area contributed by atoms with E-state index in [1.807, 2.05) is 38.1 Å². The molecule has 0 amide bonds. The third-order valence-electron chi connectivity index (χ3n) is 2.73. The van der Waals surface area contributed by atoms with Crippen LogP contribution in [0.2, 0.25) is 0 Å². The van der Waals surface area contributed by atoms with Crippen molar-refractivity contribution in [3.8, 4) is 5.75 Å². The Morgan fingerprint density at radius 3 is 2.10 bits per heavy atom. The van der Waals surface area contributed by atoms with E-state index in [1.54, 1.807) is 18.3 Å². The van der Waals surface area contributed by atoms with Gasteiger partial charge in [0.2, 0.25) is 0 Å². The average molecular weight is 435 g/mol. The number of hydrogen-bond acceptors (Lipinski definition) is 2. The van der Waals surface area contributed by atoms with E-state index >= 15 is 0 Å². The average Bonchev–Trinajstić information content (AvgIpc) is 2.30. The van der Waals surface area contributed by atoms with Gasteiger partial charge in [-0.2, -0.15) is 0 Å². The second kappa shape index (κ2) is 9.86. The normalized spacial score (nSPS) is 9.48.